The first kappa shape index (κ1) is 17.9. The van der Waals surface area contributed by atoms with Gasteiger partial charge in [-0.1, -0.05) is 31.3 Å². The SMILES string of the molecule is CCC(CC)c1nnc(NC(=O)Cn2c(-c3cccs3)n[nH]c2=S)s1. The van der Waals surface area contributed by atoms with Crippen molar-refractivity contribution in [2.24, 2.45) is 0 Å². The van der Waals surface area contributed by atoms with Crippen molar-refractivity contribution < 1.29 is 4.79 Å². The molecule has 0 aliphatic heterocycles. The third kappa shape index (κ3) is 4.02. The Bertz CT molecular complexity index is 891. The van der Waals surface area contributed by atoms with Gasteiger partial charge in [-0.3, -0.25) is 19.8 Å². The molecule has 3 heterocycles. The molecule has 0 aromatic carbocycles. The van der Waals surface area contributed by atoms with Crippen molar-refractivity contribution in [2.75, 3.05) is 5.32 Å². The predicted octanol–water partition coefficient (Wildman–Crippen LogP) is 4.06. The van der Waals surface area contributed by atoms with Crippen LogP contribution in [0.2, 0.25) is 0 Å². The van der Waals surface area contributed by atoms with E-state index in [1.165, 1.54) is 11.3 Å². The molecule has 25 heavy (non-hydrogen) atoms. The second-order valence-corrected chi connectivity index (χ2v) is 7.77. The van der Waals surface area contributed by atoms with E-state index in [0.717, 1.165) is 22.7 Å². The zero-order valence-electron chi connectivity index (χ0n) is 13.9. The number of thiophene rings is 1. The lowest BCUT2D eigenvalue weighted by Crippen LogP contribution is -2.19. The highest BCUT2D eigenvalue weighted by Crippen LogP contribution is 2.28. The lowest BCUT2D eigenvalue weighted by atomic mass is 10.1. The van der Waals surface area contributed by atoms with Crippen LogP contribution in [-0.4, -0.2) is 30.9 Å². The third-order valence-electron chi connectivity index (χ3n) is 3.82. The van der Waals surface area contributed by atoms with Gasteiger partial charge in [-0.25, -0.2) is 0 Å². The van der Waals surface area contributed by atoms with E-state index in [1.54, 1.807) is 15.9 Å². The van der Waals surface area contributed by atoms with Crippen LogP contribution in [0.15, 0.2) is 17.5 Å². The summed E-state index contributed by atoms with van der Waals surface area (Å²) in [5.41, 5.74) is 0. The van der Waals surface area contributed by atoms with Gasteiger partial charge in [-0.05, 0) is 36.5 Å². The van der Waals surface area contributed by atoms with Crippen LogP contribution in [0.5, 0.6) is 0 Å². The molecule has 1 amide bonds. The molecular weight excluding hydrogens is 376 g/mol. The standard InChI is InChI=1S/C15H18N6OS3/c1-3-9(4-2)13-18-19-14(25-13)16-11(22)8-21-12(17-20-15(21)23)10-6-5-7-24-10/h5-7,9H,3-4,8H2,1-2H3,(H,20,23)(H,16,19,22). The van der Waals surface area contributed by atoms with Crippen LogP contribution >= 0.6 is 34.9 Å². The van der Waals surface area contributed by atoms with E-state index in [0.29, 0.717) is 21.6 Å². The van der Waals surface area contributed by atoms with Crippen molar-refractivity contribution in [2.45, 2.75) is 39.2 Å². The first-order valence-electron chi connectivity index (χ1n) is 7.94. The summed E-state index contributed by atoms with van der Waals surface area (Å²) in [5, 5.41) is 21.5. The van der Waals surface area contributed by atoms with Crippen LogP contribution < -0.4 is 5.32 Å². The highest BCUT2D eigenvalue weighted by molar-refractivity contribution is 7.71. The van der Waals surface area contributed by atoms with Gasteiger partial charge in [0.25, 0.3) is 0 Å². The van der Waals surface area contributed by atoms with E-state index in [4.69, 9.17) is 12.2 Å². The fourth-order valence-electron chi connectivity index (χ4n) is 2.45. The first-order valence-corrected chi connectivity index (χ1v) is 10.0. The minimum atomic E-state index is -0.206. The molecule has 7 nitrogen and oxygen atoms in total. The molecule has 0 bridgehead atoms. The molecule has 0 saturated heterocycles. The number of carbonyl (C=O) groups excluding carboxylic acids is 1. The Labute approximate surface area is 158 Å². The molecule has 0 fully saturated rings. The summed E-state index contributed by atoms with van der Waals surface area (Å²) in [5.74, 6) is 0.837. The molecule has 0 aliphatic rings. The Morgan fingerprint density at radius 1 is 1.40 bits per heavy atom. The van der Waals surface area contributed by atoms with Crippen molar-refractivity contribution in [1.82, 2.24) is 25.0 Å². The Morgan fingerprint density at radius 3 is 2.88 bits per heavy atom. The van der Waals surface area contributed by atoms with Crippen molar-refractivity contribution in [3.05, 3.63) is 27.3 Å². The Kier molecular flexibility index (Phi) is 5.71. The summed E-state index contributed by atoms with van der Waals surface area (Å²) in [6, 6.07) is 3.87. The average Bonchev–Trinajstić information content (AvgIpc) is 3.32. The molecule has 3 aromatic heterocycles. The lowest BCUT2D eigenvalue weighted by molar-refractivity contribution is -0.116. The summed E-state index contributed by atoms with van der Waals surface area (Å²) < 4.78 is 2.09. The predicted molar refractivity (Wildman–Crippen MR) is 103 cm³/mol. The topological polar surface area (TPSA) is 88.5 Å². The summed E-state index contributed by atoms with van der Waals surface area (Å²) in [6.45, 7) is 4.32. The van der Waals surface area contributed by atoms with Crippen molar-refractivity contribution in [3.8, 4) is 10.7 Å². The van der Waals surface area contributed by atoms with E-state index in [9.17, 15) is 4.79 Å². The van der Waals surface area contributed by atoms with E-state index in [1.807, 2.05) is 17.5 Å². The second kappa shape index (κ2) is 7.98. The van der Waals surface area contributed by atoms with Crippen LogP contribution in [-0.2, 0) is 11.3 Å². The number of H-pyrrole nitrogens is 1. The van der Waals surface area contributed by atoms with E-state index in [-0.39, 0.29) is 12.5 Å². The lowest BCUT2D eigenvalue weighted by Gasteiger charge is -2.06. The van der Waals surface area contributed by atoms with Gasteiger partial charge in [-0.2, -0.15) is 5.10 Å². The Balaban J connectivity index is 1.72. The number of rotatable bonds is 7. The van der Waals surface area contributed by atoms with Crippen molar-refractivity contribution in [1.29, 1.82) is 0 Å². The number of aromatic amines is 1. The number of nitrogens with one attached hydrogen (secondary N) is 2. The van der Waals surface area contributed by atoms with Gasteiger partial charge in [0.1, 0.15) is 11.6 Å². The monoisotopic (exact) mass is 394 g/mol. The summed E-state index contributed by atoms with van der Waals surface area (Å²) >= 11 is 8.21. The number of hydrogen-bond acceptors (Lipinski definition) is 7. The largest absolute Gasteiger partial charge is 0.299 e. The number of nitrogens with zero attached hydrogens (tertiary/aromatic N) is 4. The molecule has 0 saturated carbocycles. The maximum absolute atomic E-state index is 12.4. The summed E-state index contributed by atoms with van der Waals surface area (Å²) in [7, 11) is 0. The first-order chi connectivity index (χ1) is 12.1. The second-order valence-electron chi connectivity index (χ2n) is 5.42. The number of amides is 1. The maximum atomic E-state index is 12.4. The van der Waals surface area contributed by atoms with Crippen molar-refractivity contribution in [3.63, 3.8) is 0 Å². The molecule has 0 aliphatic carbocycles. The molecule has 0 spiro atoms. The molecule has 0 radical (unpaired) electrons. The fraction of sp³-hybridized carbons (Fsp3) is 0.400. The van der Waals surface area contributed by atoms with Gasteiger partial charge >= 0.3 is 0 Å². The quantitative estimate of drug-likeness (QED) is 0.590. The zero-order chi connectivity index (χ0) is 17.8. The summed E-state index contributed by atoms with van der Waals surface area (Å²) in [6.07, 6.45) is 2.01. The van der Waals surface area contributed by atoms with Crippen LogP contribution in [0.4, 0.5) is 5.13 Å². The fourth-order valence-corrected chi connectivity index (χ4v) is 4.39. The average molecular weight is 395 g/mol. The number of carbonyl (C=O) groups is 1. The molecule has 3 aromatic rings. The molecule has 0 atom stereocenters. The smallest absolute Gasteiger partial charge is 0.246 e. The van der Waals surface area contributed by atoms with Gasteiger partial charge in [0.2, 0.25) is 11.0 Å². The minimum absolute atomic E-state index is 0.0719. The zero-order valence-corrected chi connectivity index (χ0v) is 16.3. The van der Waals surface area contributed by atoms with Crippen LogP contribution in [0, 0.1) is 4.77 Å². The number of aromatic nitrogens is 5. The highest BCUT2D eigenvalue weighted by Gasteiger charge is 2.16. The van der Waals surface area contributed by atoms with Crippen LogP contribution in [0.25, 0.3) is 10.7 Å². The third-order valence-corrected chi connectivity index (χ3v) is 6.00. The highest BCUT2D eigenvalue weighted by atomic mass is 32.1. The van der Waals surface area contributed by atoms with Gasteiger partial charge in [0.05, 0.1) is 4.88 Å². The van der Waals surface area contributed by atoms with Crippen molar-refractivity contribution >= 4 is 45.9 Å². The van der Waals surface area contributed by atoms with E-state index in [2.05, 4.69) is 39.6 Å². The van der Waals surface area contributed by atoms with Gasteiger partial charge in [0, 0.05) is 5.92 Å². The Hall–Kier alpha value is -1.91. The van der Waals surface area contributed by atoms with E-state index < -0.39 is 0 Å². The Morgan fingerprint density at radius 2 is 2.20 bits per heavy atom. The number of anilines is 1. The minimum Gasteiger partial charge on any atom is -0.299 e. The molecular formula is C15H18N6OS3. The molecule has 2 N–H and O–H groups in total. The van der Waals surface area contributed by atoms with Crippen LogP contribution in [0.3, 0.4) is 0 Å². The molecule has 132 valence electrons. The molecule has 0 unspecified atom stereocenters. The molecule has 3 rings (SSSR count). The van der Waals surface area contributed by atoms with Crippen LogP contribution in [0.1, 0.15) is 37.6 Å². The van der Waals surface area contributed by atoms with E-state index >= 15 is 0 Å². The normalized spacial score (nSPS) is 11.2. The van der Waals surface area contributed by atoms with Gasteiger partial charge in [0.15, 0.2) is 10.6 Å². The molecule has 10 heteroatoms. The number of hydrogen-bond donors (Lipinski definition) is 2. The van der Waals surface area contributed by atoms with Gasteiger partial charge in [-0.15, -0.1) is 21.5 Å². The van der Waals surface area contributed by atoms with Gasteiger partial charge < -0.3 is 0 Å². The maximum Gasteiger partial charge on any atom is 0.246 e. The summed E-state index contributed by atoms with van der Waals surface area (Å²) in [4.78, 5) is 13.3.